The molecule has 5 nitrogen and oxygen atoms in total. The van der Waals surface area contributed by atoms with Crippen LogP contribution in [0.15, 0.2) is 6.33 Å². The summed E-state index contributed by atoms with van der Waals surface area (Å²) in [4.78, 5) is 28.9. The number of carbonyl (C=O) groups is 1. The maximum Gasteiger partial charge on any atom is 0.225 e. The van der Waals surface area contributed by atoms with Crippen molar-refractivity contribution < 1.29 is 4.79 Å². The van der Waals surface area contributed by atoms with E-state index in [1.807, 2.05) is 7.05 Å². The Kier molecular flexibility index (Phi) is 5.35. The molecule has 2 aromatic heterocycles. The van der Waals surface area contributed by atoms with Crippen LogP contribution in [0.1, 0.15) is 55.4 Å². The van der Waals surface area contributed by atoms with Gasteiger partial charge in [-0.05, 0) is 45.1 Å². The lowest BCUT2D eigenvalue weighted by molar-refractivity contribution is -0.137. The molecule has 0 radical (unpaired) electrons. The second-order valence-electron chi connectivity index (χ2n) is 8.16. The molecule has 0 spiro atoms. The summed E-state index contributed by atoms with van der Waals surface area (Å²) >= 11 is 1.74. The number of piperidine rings is 1. The van der Waals surface area contributed by atoms with Gasteiger partial charge in [0.05, 0.1) is 5.39 Å². The van der Waals surface area contributed by atoms with Crippen molar-refractivity contribution in [2.24, 2.45) is 5.92 Å². The lowest BCUT2D eigenvalue weighted by Crippen LogP contribution is -2.45. The first-order valence-electron chi connectivity index (χ1n) is 10.3. The Bertz CT molecular complexity index is 819. The van der Waals surface area contributed by atoms with Crippen molar-refractivity contribution in [3.05, 3.63) is 16.8 Å². The molecule has 0 aromatic carbocycles. The van der Waals surface area contributed by atoms with E-state index in [0.717, 1.165) is 36.6 Å². The first kappa shape index (κ1) is 18.7. The number of amides is 1. The van der Waals surface area contributed by atoms with Gasteiger partial charge in [0, 0.05) is 37.0 Å². The van der Waals surface area contributed by atoms with E-state index in [1.165, 1.54) is 47.9 Å². The first-order valence-corrected chi connectivity index (χ1v) is 11.1. The van der Waals surface area contributed by atoms with Gasteiger partial charge in [0.15, 0.2) is 0 Å². The first-order chi connectivity index (χ1) is 13.1. The van der Waals surface area contributed by atoms with Crippen LogP contribution in [0.5, 0.6) is 0 Å². The van der Waals surface area contributed by atoms with Crippen molar-refractivity contribution in [1.82, 2.24) is 14.9 Å². The number of aryl methyl sites for hydroxylation is 2. The van der Waals surface area contributed by atoms with Crippen LogP contribution in [-0.4, -0.2) is 47.0 Å². The Morgan fingerprint density at radius 3 is 2.52 bits per heavy atom. The Hall–Kier alpha value is -1.69. The van der Waals surface area contributed by atoms with Gasteiger partial charge < -0.3 is 9.80 Å². The lowest BCUT2D eigenvalue weighted by Gasteiger charge is -2.37. The van der Waals surface area contributed by atoms with Crippen LogP contribution < -0.4 is 4.90 Å². The molecule has 0 bridgehead atoms. The quantitative estimate of drug-likeness (QED) is 0.788. The third kappa shape index (κ3) is 3.56. The van der Waals surface area contributed by atoms with E-state index in [0.29, 0.717) is 11.9 Å². The van der Waals surface area contributed by atoms with Crippen molar-refractivity contribution in [3.63, 3.8) is 0 Å². The fraction of sp³-hybridized carbons (Fsp3) is 0.667. The van der Waals surface area contributed by atoms with Gasteiger partial charge in [-0.1, -0.05) is 19.3 Å². The van der Waals surface area contributed by atoms with E-state index >= 15 is 0 Å². The summed E-state index contributed by atoms with van der Waals surface area (Å²) in [7, 11) is 2.02. The summed E-state index contributed by atoms with van der Waals surface area (Å²) in [5.74, 6) is 1.57. The maximum atomic E-state index is 13.0. The summed E-state index contributed by atoms with van der Waals surface area (Å²) < 4.78 is 0. The standard InChI is InChI=1S/C21H30N4OS/c1-14-15(2)27-20-18(14)19(22-13-23-20)25-11-9-16(10-12-25)21(26)24(3)17-7-5-4-6-8-17/h13,16-17H,4-12H2,1-3H3. The maximum absolute atomic E-state index is 13.0. The molecule has 1 aliphatic carbocycles. The number of thiophene rings is 1. The topological polar surface area (TPSA) is 49.3 Å². The summed E-state index contributed by atoms with van der Waals surface area (Å²) in [6.07, 6.45) is 9.74. The molecule has 1 aliphatic heterocycles. The molecule has 2 aromatic rings. The smallest absolute Gasteiger partial charge is 0.225 e. The average Bonchev–Trinajstić information content (AvgIpc) is 3.01. The summed E-state index contributed by atoms with van der Waals surface area (Å²) in [5, 5.41) is 1.20. The number of nitrogens with zero attached hydrogens (tertiary/aromatic N) is 4. The summed E-state index contributed by atoms with van der Waals surface area (Å²) in [5.41, 5.74) is 1.29. The van der Waals surface area contributed by atoms with Crippen molar-refractivity contribution >= 4 is 33.3 Å². The molecule has 2 fully saturated rings. The second-order valence-corrected chi connectivity index (χ2v) is 9.37. The van der Waals surface area contributed by atoms with Crippen molar-refractivity contribution in [1.29, 1.82) is 0 Å². The van der Waals surface area contributed by atoms with Crippen LogP contribution in [0, 0.1) is 19.8 Å². The monoisotopic (exact) mass is 386 g/mol. The summed E-state index contributed by atoms with van der Waals surface area (Å²) in [6.45, 7) is 6.11. The Morgan fingerprint density at radius 2 is 1.81 bits per heavy atom. The predicted molar refractivity (Wildman–Crippen MR) is 111 cm³/mol. The highest BCUT2D eigenvalue weighted by atomic mass is 32.1. The molecule has 1 saturated carbocycles. The van der Waals surface area contributed by atoms with Crippen LogP contribution in [0.2, 0.25) is 0 Å². The van der Waals surface area contributed by atoms with Crippen LogP contribution in [0.3, 0.4) is 0 Å². The third-order valence-electron chi connectivity index (χ3n) is 6.56. The Balaban J connectivity index is 1.44. The highest BCUT2D eigenvalue weighted by Crippen LogP contribution is 2.36. The molecule has 0 atom stereocenters. The normalized spacial score (nSPS) is 19.6. The molecule has 2 aliphatic rings. The minimum atomic E-state index is 0.163. The fourth-order valence-electron chi connectivity index (χ4n) is 4.68. The number of rotatable bonds is 3. The molecule has 146 valence electrons. The van der Waals surface area contributed by atoms with E-state index in [-0.39, 0.29) is 5.92 Å². The highest BCUT2D eigenvalue weighted by Gasteiger charge is 2.31. The number of carbonyl (C=O) groups excluding carboxylic acids is 1. The van der Waals surface area contributed by atoms with Gasteiger partial charge in [-0.25, -0.2) is 9.97 Å². The van der Waals surface area contributed by atoms with E-state index in [2.05, 4.69) is 33.6 Å². The zero-order chi connectivity index (χ0) is 19.0. The van der Waals surface area contributed by atoms with E-state index in [4.69, 9.17) is 0 Å². The van der Waals surface area contributed by atoms with Gasteiger partial charge in [-0.2, -0.15) is 0 Å². The van der Waals surface area contributed by atoms with Crippen LogP contribution in [0.4, 0.5) is 5.82 Å². The van der Waals surface area contributed by atoms with Crippen LogP contribution >= 0.6 is 11.3 Å². The largest absolute Gasteiger partial charge is 0.356 e. The number of hydrogen-bond acceptors (Lipinski definition) is 5. The molecule has 3 heterocycles. The molecule has 6 heteroatoms. The van der Waals surface area contributed by atoms with Gasteiger partial charge in [-0.15, -0.1) is 11.3 Å². The predicted octanol–water partition coefficient (Wildman–Crippen LogP) is 4.32. The molecular formula is C21H30N4OS. The fourth-order valence-corrected chi connectivity index (χ4v) is 5.67. The zero-order valence-electron chi connectivity index (χ0n) is 16.7. The molecular weight excluding hydrogens is 356 g/mol. The Labute approximate surface area is 165 Å². The second kappa shape index (κ2) is 7.74. The molecule has 1 saturated heterocycles. The zero-order valence-corrected chi connectivity index (χ0v) is 17.5. The molecule has 4 rings (SSSR count). The highest BCUT2D eigenvalue weighted by molar-refractivity contribution is 7.18. The molecule has 0 N–H and O–H groups in total. The number of fused-ring (bicyclic) bond motifs is 1. The van der Waals surface area contributed by atoms with Gasteiger partial charge in [-0.3, -0.25) is 4.79 Å². The molecule has 0 unspecified atom stereocenters. The number of aromatic nitrogens is 2. The van der Waals surface area contributed by atoms with E-state index in [9.17, 15) is 4.79 Å². The Morgan fingerprint density at radius 1 is 1.11 bits per heavy atom. The average molecular weight is 387 g/mol. The van der Waals surface area contributed by atoms with Crippen molar-refractivity contribution in [2.75, 3.05) is 25.0 Å². The van der Waals surface area contributed by atoms with Crippen molar-refractivity contribution in [2.45, 2.75) is 64.8 Å². The number of anilines is 1. The SMILES string of the molecule is Cc1sc2ncnc(N3CCC(C(=O)N(C)C4CCCCC4)CC3)c2c1C. The van der Waals surface area contributed by atoms with Crippen molar-refractivity contribution in [3.8, 4) is 0 Å². The number of hydrogen-bond donors (Lipinski definition) is 0. The minimum absolute atomic E-state index is 0.163. The third-order valence-corrected chi connectivity index (χ3v) is 7.67. The summed E-state index contributed by atoms with van der Waals surface area (Å²) in [6, 6.07) is 0.460. The van der Waals surface area contributed by atoms with Gasteiger partial charge >= 0.3 is 0 Å². The van der Waals surface area contributed by atoms with Crippen LogP contribution in [0.25, 0.3) is 10.2 Å². The van der Waals surface area contributed by atoms with Gasteiger partial charge in [0.1, 0.15) is 17.0 Å². The lowest BCUT2D eigenvalue weighted by atomic mass is 9.91. The van der Waals surface area contributed by atoms with E-state index < -0.39 is 0 Å². The van der Waals surface area contributed by atoms with E-state index in [1.54, 1.807) is 17.7 Å². The molecule has 27 heavy (non-hydrogen) atoms. The van der Waals surface area contributed by atoms with Gasteiger partial charge in [0.2, 0.25) is 5.91 Å². The minimum Gasteiger partial charge on any atom is -0.356 e. The van der Waals surface area contributed by atoms with Gasteiger partial charge in [0.25, 0.3) is 0 Å². The van der Waals surface area contributed by atoms with Crippen LogP contribution in [-0.2, 0) is 4.79 Å². The molecule has 1 amide bonds.